The molecule has 0 aliphatic carbocycles. The average molecular weight is 233 g/mol. The summed E-state index contributed by atoms with van der Waals surface area (Å²) in [5.74, 6) is 0. The van der Waals surface area contributed by atoms with Crippen LogP contribution in [-0.2, 0) is 5.41 Å². The monoisotopic (exact) mass is 233 g/mol. The Morgan fingerprint density at radius 2 is 1.65 bits per heavy atom. The summed E-state index contributed by atoms with van der Waals surface area (Å²) in [6.07, 6.45) is 2.34. The Labute approximate surface area is 107 Å². The minimum atomic E-state index is 0.247. The molecule has 17 heavy (non-hydrogen) atoms. The smallest absolute Gasteiger partial charge is 0.0317 e. The van der Waals surface area contributed by atoms with Gasteiger partial charge in [-0.25, -0.2) is 0 Å². The normalized spacial score (nSPS) is 13.7. The van der Waals surface area contributed by atoms with Crippen molar-refractivity contribution in [2.24, 2.45) is 0 Å². The third-order valence-electron chi connectivity index (χ3n) is 3.23. The zero-order valence-corrected chi connectivity index (χ0v) is 12.0. The fraction of sp³-hybridized carbons (Fsp3) is 0.625. The fourth-order valence-corrected chi connectivity index (χ4v) is 2.03. The molecular formula is C16H27N. The molecule has 1 rings (SSSR count). The van der Waals surface area contributed by atoms with Gasteiger partial charge in [-0.3, -0.25) is 0 Å². The molecule has 0 bridgehead atoms. The van der Waals surface area contributed by atoms with Crippen LogP contribution in [0.5, 0.6) is 0 Å². The van der Waals surface area contributed by atoms with Crippen molar-refractivity contribution in [1.29, 1.82) is 0 Å². The van der Waals surface area contributed by atoms with Crippen molar-refractivity contribution in [2.75, 3.05) is 6.54 Å². The Hall–Kier alpha value is -0.820. The average Bonchev–Trinajstić information content (AvgIpc) is 2.29. The molecule has 0 aliphatic heterocycles. The Morgan fingerprint density at radius 1 is 1.06 bits per heavy atom. The van der Waals surface area contributed by atoms with Crippen molar-refractivity contribution >= 4 is 0 Å². The molecule has 0 saturated carbocycles. The second-order valence-electron chi connectivity index (χ2n) is 5.79. The number of hydrogen-bond acceptors (Lipinski definition) is 1. The van der Waals surface area contributed by atoms with E-state index in [1.807, 2.05) is 0 Å². The molecule has 0 aromatic heterocycles. The molecule has 96 valence electrons. The van der Waals surface area contributed by atoms with Crippen molar-refractivity contribution in [2.45, 2.75) is 58.9 Å². The highest BCUT2D eigenvalue weighted by Crippen LogP contribution is 2.24. The number of hydrogen-bond donors (Lipinski definition) is 1. The van der Waals surface area contributed by atoms with Gasteiger partial charge in [0.2, 0.25) is 0 Å². The van der Waals surface area contributed by atoms with Gasteiger partial charge < -0.3 is 5.32 Å². The summed E-state index contributed by atoms with van der Waals surface area (Å²) in [5.41, 5.74) is 3.07. The highest BCUT2D eigenvalue weighted by molar-refractivity contribution is 5.29. The summed E-state index contributed by atoms with van der Waals surface area (Å²) in [6.45, 7) is 12.3. The zero-order chi connectivity index (χ0) is 12.9. The Kier molecular flexibility index (Phi) is 5.20. The highest BCUT2D eigenvalue weighted by Gasteiger charge is 2.14. The molecule has 1 aromatic rings. The van der Waals surface area contributed by atoms with Gasteiger partial charge in [-0.2, -0.15) is 0 Å². The maximum Gasteiger partial charge on any atom is 0.0317 e. The van der Waals surface area contributed by atoms with Crippen LogP contribution in [0.25, 0.3) is 0 Å². The van der Waals surface area contributed by atoms with Gasteiger partial charge in [-0.1, -0.05) is 58.9 Å². The highest BCUT2D eigenvalue weighted by atomic mass is 14.9. The molecule has 1 atom stereocenters. The van der Waals surface area contributed by atoms with E-state index < -0.39 is 0 Å². The minimum Gasteiger partial charge on any atom is -0.310 e. The van der Waals surface area contributed by atoms with Crippen LogP contribution in [0.1, 0.15) is 64.6 Å². The van der Waals surface area contributed by atoms with Crippen LogP contribution in [-0.4, -0.2) is 6.54 Å². The van der Waals surface area contributed by atoms with Crippen molar-refractivity contribution < 1.29 is 0 Å². The lowest BCUT2D eigenvalue weighted by Crippen LogP contribution is -2.21. The van der Waals surface area contributed by atoms with E-state index in [0.717, 1.165) is 13.0 Å². The largest absolute Gasteiger partial charge is 0.310 e. The lowest BCUT2D eigenvalue weighted by atomic mass is 9.86. The van der Waals surface area contributed by atoms with Crippen LogP contribution in [0.3, 0.4) is 0 Å². The summed E-state index contributed by atoms with van der Waals surface area (Å²) in [4.78, 5) is 0. The molecule has 0 radical (unpaired) electrons. The second-order valence-corrected chi connectivity index (χ2v) is 5.79. The first-order chi connectivity index (χ1) is 7.99. The van der Waals surface area contributed by atoms with Crippen LogP contribution in [0, 0.1) is 0 Å². The summed E-state index contributed by atoms with van der Waals surface area (Å²) in [7, 11) is 0. The maximum absolute atomic E-state index is 3.59. The molecule has 0 aliphatic rings. The lowest BCUT2D eigenvalue weighted by molar-refractivity contribution is 0.517. The van der Waals surface area contributed by atoms with Crippen LogP contribution < -0.4 is 5.32 Å². The van der Waals surface area contributed by atoms with Crippen LogP contribution in [0.2, 0.25) is 0 Å². The van der Waals surface area contributed by atoms with Gasteiger partial charge in [-0.05, 0) is 35.9 Å². The molecule has 0 saturated heterocycles. The van der Waals surface area contributed by atoms with Gasteiger partial charge in [0.1, 0.15) is 0 Å². The maximum atomic E-state index is 3.59. The lowest BCUT2D eigenvalue weighted by Gasteiger charge is -2.21. The Bertz CT molecular complexity index is 318. The van der Waals surface area contributed by atoms with E-state index in [9.17, 15) is 0 Å². The van der Waals surface area contributed by atoms with Gasteiger partial charge in [0, 0.05) is 6.04 Å². The molecule has 0 amide bonds. The molecule has 1 unspecified atom stereocenters. The SMILES string of the molecule is CCCNC(CC)c1ccc(C(C)(C)C)cc1. The Balaban J connectivity index is 2.78. The van der Waals surface area contributed by atoms with E-state index in [1.165, 1.54) is 17.5 Å². The molecule has 1 nitrogen and oxygen atoms in total. The van der Waals surface area contributed by atoms with Crippen molar-refractivity contribution in [3.8, 4) is 0 Å². The molecule has 0 fully saturated rings. The van der Waals surface area contributed by atoms with Gasteiger partial charge >= 0.3 is 0 Å². The van der Waals surface area contributed by atoms with Gasteiger partial charge in [0.15, 0.2) is 0 Å². The molecule has 1 heteroatoms. The number of nitrogens with one attached hydrogen (secondary N) is 1. The van der Waals surface area contributed by atoms with E-state index >= 15 is 0 Å². The van der Waals surface area contributed by atoms with Gasteiger partial charge in [0.05, 0.1) is 0 Å². The van der Waals surface area contributed by atoms with Crippen molar-refractivity contribution in [3.63, 3.8) is 0 Å². The van der Waals surface area contributed by atoms with E-state index in [-0.39, 0.29) is 5.41 Å². The van der Waals surface area contributed by atoms with Crippen LogP contribution >= 0.6 is 0 Å². The topological polar surface area (TPSA) is 12.0 Å². The standard InChI is InChI=1S/C16H27N/c1-6-12-17-15(7-2)13-8-10-14(11-9-13)16(3,4)5/h8-11,15,17H,6-7,12H2,1-5H3. The number of benzene rings is 1. The van der Waals surface area contributed by atoms with E-state index in [2.05, 4.69) is 64.2 Å². The van der Waals surface area contributed by atoms with Crippen molar-refractivity contribution in [1.82, 2.24) is 5.32 Å². The quantitative estimate of drug-likeness (QED) is 0.793. The van der Waals surface area contributed by atoms with E-state index in [1.54, 1.807) is 0 Å². The predicted molar refractivity (Wildman–Crippen MR) is 76.5 cm³/mol. The van der Waals surface area contributed by atoms with Crippen LogP contribution in [0.4, 0.5) is 0 Å². The predicted octanol–water partition coefficient (Wildman–Crippen LogP) is 4.43. The van der Waals surface area contributed by atoms with E-state index in [0.29, 0.717) is 6.04 Å². The summed E-state index contributed by atoms with van der Waals surface area (Å²) < 4.78 is 0. The molecular weight excluding hydrogens is 206 g/mol. The molecule has 1 aromatic carbocycles. The molecule has 0 heterocycles. The third-order valence-corrected chi connectivity index (χ3v) is 3.23. The molecule has 0 spiro atoms. The fourth-order valence-electron chi connectivity index (χ4n) is 2.03. The first-order valence-electron chi connectivity index (χ1n) is 6.82. The summed E-state index contributed by atoms with van der Waals surface area (Å²) >= 11 is 0. The summed E-state index contributed by atoms with van der Waals surface area (Å²) in [5, 5.41) is 3.59. The second kappa shape index (κ2) is 6.20. The molecule has 1 N–H and O–H groups in total. The zero-order valence-electron chi connectivity index (χ0n) is 12.0. The number of rotatable bonds is 5. The van der Waals surface area contributed by atoms with Gasteiger partial charge in [0.25, 0.3) is 0 Å². The van der Waals surface area contributed by atoms with E-state index in [4.69, 9.17) is 0 Å². The van der Waals surface area contributed by atoms with Crippen LogP contribution in [0.15, 0.2) is 24.3 Å². The Morgan fingerprint density at radius 3 is 2.06 bits per heavy atom. The van der Waals surface area contributed by atoms with Crippen molar-refractivity contribution in [3.05, 3.63) is 35.4 Å². The third kappa shape index (κ3) is 4.16. The first-order valence-corrected chi connectivity index (χ1v) is 6.82. The minimum absolute atomic E-state index is 0.247. The van der Waals surface area contributed by atoms with Gasteiger partial charge in [-0.15, -0.1) is 0 Å². The summed E-state index contributed by atoms with van der Waals surface area (Å²) in [6, 6.07) is 9.59. The first kappa shape index (κ1) is 14.2.